The van der Waals surface area contributed by atoms with Crippen molar-refractivity contribution in [3.8, 4) is 5.75 Å². The molecule has 1 aliphatic carbocycles. The van der Waals surface area contributed by atoms with E-state index in [9.17, 15) is 0 Å². The molecular weight excluding hydrogens is 218 g/mol. The molecule has 88 valence electrons. The SMILES string of the molecule is CSc1ccc(OCCCNC2CC2)cc1. The lowest BCUT2D eigenvalue weighted by atomic mass is 10.3. The Morgan fingerprint density at radius 3 is 2.69 bits per heavy atom. The molecule has 0 radical (unpaired) electrons. The molecule has 0 amide bonds. The Balaban J connectivity index is 1.60. The number of thioether (sulfide) groups is 1. The van der Waals surface area contributed by atoms with Crippen molar-refractivity contribution >= 4 is 11.8 Å². The molecule has 0 spiro atoms. The first-order valence-corrected chi connectivity index (χ1v) is 7.11. The quantitative estimate of drug-likeness (QED) is 0.582. The van der Waals surface area contributed by atoms with Gasteiger partial charge in [0, 0.05) is 10.9 Å². The van der Waals surface area contributed by atoms with E-state index in [1.807, 2.05) is 12.1 Å². The Labute approximate surface area is 102 Å². The average Bonchev–Trinajstić information content (AvgIpc) is 3.13. The fourth-order valence-electron chi connectivity index (χ4n) is 1.53. The van der Waals surface area contributed by atoms with E-state index in [4.69, 9.17) is 4.74 Å². The van der Waals surface area contributed by atoms with Gasteiger partial charge in [0.15, 0.2) is 0 Å². The van der Waals surface area contributed by atoms with Crippen LogP contribution in [0.5, 0.6) is 5.75 Å². The van der Waals surface area contributed by atoms with Crippen molar-refractivity contribution in [2.24, 2.45) is 0 Å². The van der Waals surface area contributed by atoms with Gasteiger partial charge in [0.05, 0.1) is 6.61 Å². The van der Waals surface area contributed by atoms with Crippen LogP contribution in [0.1, 0.15) is 19.3 Å². The van der Waals surface area contributed by atoms with Gasteiger partial charge in [-0.3, -0.25) is 0 Å². The van der Waals surface area contributed by atoms with E-state index in [1.54, 1.807) is 11.8 Å². The Bertz CT molecular complexity index is 308. The second-order valence-corrected chi connectivity index (χ2v) is 4.99. The second-order valence-electron chi connectivity index (χ2n) is 4.11. The minimum Gasteiger partial charge on any atom is -0.494 e. The fourth-order valence-corrected chi connectivity index (χ4v) is 1.94. The minimum absolute atomic E-state index is 0.804. The van der Waals surface area contributed by atoms with Crippen molar-refractivity contribution in [1.29, 1.82) is 0 Å². The maximum atomic E-state index is 5.66. The molecule has 1 fully saturated rings. The van der Waals surface area contributed by atoms with Gasteiger partial charge in [-0.25, -0.2) is 0 Å². The number of hydrogen-bond acceptors (Lipinski definition) is 3. The summed E-state index contributed by atoms with van der Waals surface area (Å²) in [6, 6.07) is 9.09. The zero-order valence-corrected chi connectivity index (χ0v) is 10.6. The van der Waals surface area contributed by atoms with E-state index in [1.165, 1.54) is 17.7 Å². The summed E-state index contributed by atoms with van der Waals surface area (Å²) in [6.45, 7) is 1.88. The fraction of sp³-hybridized carbons (Fsp3) is 0.538. The van der Waals surface area contributed by atoms with Gasteiger partial charge in [-0.2, -0.15) is 0 Å². The number of ether oxygens (including phenoxy) is 1. The van der Waals surface area contributed by atoms with Gasteiger partial charge in [-0.05, 0) is 56.3 Å². The minimum atomic E-state index is 0.804. The summed E-state index contributed by atoms with van der Waals surface area (Å²) in [6.07, 6.45) is 5.88. The highest BCUT2D eigenvalue weighted by Crippen LogP contribution is 2.19. The van der Waals surface area contributed by atoms with Crippen LogP contribution in [0.4, 0.5) is 0 Å². The van der Waals surface area contributed by atoms with E-state index < -0.39 is 0 Å². The predicted octanol–water partition coefficient (Wildman–Crippen LogP) is 2.93. The molecule has 0 unspecified atom stereocenters. The lowest BCUT2D eigenvalue weighted by Gasteiger charge is -2.07. The third-order valence-electron chi connectivity index (χ3n) is 2.66. The highest BCUT2D eigenvalue weighted by Gasteiger charge is 2.19. The Morgan fingerprint density at radius 1 is 1.31 bits per heavy atom. The van der Waals surface area contributed by atoms with Crippen LogP contribution < -0.4 is 10.1 Å². The third-order valence-corrected chi connectivity index (χ3v) is 3.40. The molecule has 0 atom stereocenters. The molecule has 0 saturated heterocycles. The van der Waals surface area contributed by atoms with Crippen molar-refractivity contribution in [3.05, 3.63) is 24.3 Å². The molecule has 2 nitrogen and oxygen atoms in total. The summed E-state index contributed by atoms with van der Waals surface area (Å²) in [7, 11) is 0. The molecule has 0 aromatic heterocycles. The smallest absolute Gasteiger partial charge is 0.119 e. The molecule has 1 saturated carbocycles. The summed E-state index contributed by atoms with van der Waals surface area (Å²) >= 11 is 1.75. The van der Waals surface area contributed by atoms with Crippen molar-refractivity contribution in [3.63, 3.8) is 0 Å². The van der Waals surface area contributed by atoms with Crippen LogP contribution in [0.15, 0.2) is 29.2 Å². The summed E-state index contributed by atoms with van der Waals surface area (Å²) in [5.74, 6) is 0.976. The molecule has 1 aromatic carbocycles. The largest absolute Gasteiger partial charge is 0.494 e. The summed E-state index contributed by atoms with van der Waals surface area (Å²) in [5.41, 5.74) is 0. The zero-order valence-electron chi connectivity index (χ0n) is 9.74. The van der Waals surface area contributed by atoms with Crippen LogP contribution in [-0.2, 0) is 0 Å². The monoisotopic (exact) mass is 237 g/mol. The Hall–Kier alpha value is -0.670. The predicted molar refractivity (Wildman–Crippen MR) is 69.4 cm³/mol. The molecule has 3 heteroatoms. The van der Waals surface area contributed by atoms with Gasteiger partial charge in [0.2, 0.25) is 0 Å². The van der Waals surface area contributed by atoms with Gasteiger partial charge in [0.1, 0.15) is 5.75 Å². The second kappa shape index (κ2) is 6.16. The van der Waals surface area contributed by atoms with Gasteiger partial charge < -0.3 is 10.1 Å². The molecular formula is C13H19NOS. The van der Waals surface area contributed by atoms with Crippen molar-refractivity contribution in [2.75, 3.05) is 19.4 Å². The van der Waals surface area contributed by atoms with E-state index in [2.05, 4.69) is 23.7 Å². The molecule has 1 N–H and O–H groups in total. The van der Waals surface area contributed by atoms with Crippen LogP contribution in [-0.4, -0.2) is 25.4 Å². The van der Waals surface area contributed by atoms with Crippen molar-refractivity contribution in [1.82, 2.24) is 5.32 Å². The van der Waals surface area contributed by atoms with Crippen molar-refractivity contribution < 1.29 is 4.74 Å². The lowest BCUT2D eigenvalue weighted by molar-refractivity contribution is 0.308. The van der Waals surface area contributed by atoms with Gasteiger partial charge in [0.25, 0.3) is 0 Å². The van der Waals surface area contributed by atoms with E-state index in [-0.39, 0.29) is 0 Å². The standard InChI is InChI=1S/C13H19NOS/c1-16-13-7-5-12(6-8-13)15-10-2-9-14-11-3-4-11/h5-8,11,14H,2-4,9-10H2,1H3. The number of nitrogens with one attached hydrogen (secondary N) is 1. The molecule has 0 aliphatic heterocycles. The molecule has 0 bridgehead atoms. The van der Waals surface area contributed by atoms with E-state index >= 15 is 0 Å². The summed E-state index contributed by atoms with van der Waals surface area (Å²) in [5, 5.41) is 3.48. The lowest BCUT2D eigenvalue weighted by Crippen LogP contribution is -2.19. The maximum absolute atomic E-state index is 5.66. The van der Waals surface area contributed by atoms with Crippen LogP contribution in [0, 0.1) is 0 Å². The first kappa shape index (κ1) is 11.8. The average molecular weight is 237 g/mol. The van der Waals surface area contributed by atoms with Gasteiger partial charge >= 0.3 is 0 Å². The number of rotatable bonds is 7. The van der Waals surface area contributed by atoms with Crippen LogP contribution in [0.2, 0.25) is 0 Å². The number of hydrogen-bond donors (Lipinski definition) is 1. The van der Waals surface area contributed by atoms with Crippen LogP contribution >= 0.6 is 11.8 Å². The number of benzene rings is 1. The van der Waals surface area contributed by atoms with E-state index in [0.717, 1.165) is 31.4 Å². The molecule has 1 aliphatic rings. The van der Waals surface area contributed by atoms with Crippen LogP contribution in [0.25, 0.3) is 0 Å². The normalized spacial score (nSPS) is 15.1. The highest BCUT2D eigenvalue weighted by molar-refractivity contribution is 7.98. The Kier molecular flexibility index (Phi) is 4.55. The molecule has 1 aromatic rings. The molecule has 16 heavy (non-hydrogen) atoms. The van der Waals surface area contributed by atoms with Crippen molar-refractivity contribution in [2.45, 2.75) is 30.2 Å². The summed E-state index contributed by atoms with van der Waals surface area (Å²) in [4.78, 5) is 1.28. The first-order chi connectivity index (χ1) is 7.88. The van der Waals surface area contributed by atoms with Gasteiger partial charge in [-0.1, -0.05) is 0 Å². The van der Waals surface area contributed by atoms with Crippen LogP contribution in [0.3, 0.4) is 0 Å². The van der Waals surface area contributed by atoms with Gasteiger partial charge in [-0.15, -0.1) is 11.8 Å². The topological polar surface area (TPSA) is 21.3 Å². The maximum Gasteiger partial charge on any atom is 0.119 e. The van der Waals surface area contributed by atoms with E-state index in [0.29, 0.717) is 0 Å². The first-order valence-electron chi connectivity index (χ1n) is 5.89. The molecule has 0 heterocycles. The third kappa shape index (κ3) is 4.06. The molecule has 2 rings (SSSR count). The Morgan fingerprint density at radius 2 is 2.06 bits per heavy atom. The summed E-state index contributed by atoms with van der Waals surface area (Å²) < 4.78 is 5.66. The zero-order chi connectivity index (χ0) is 11.2. The highest BCUT2D eigenvalue weighted by atomic mass is 32.2.